The van der Waals surface area contributed by atoms with Gasteiger partial charge in [-0.25, -0.2) is 8.42 Å². The zero-order chi connectivity index (χ0) is 14.2. The molecule has 0 aliphatic carbocycles. The van der Waals surface area contributed by atoms with E-state index in [-0.39, 0.29) is 21.3 Å². The fourth-order valence-electron chi connectivity index (χ4n) is 1.82. The van der Waals surface area contributed by atoms with Gasteiger partial charge in [0.1, 0.15) is 21.3 Å². The molecule has 0 spiro atoms. The molecule has 4 nitrogen and oxygen atoms in total. The third-order valence-corrected chi connectivity index (χ3v) is 4.80. The summed E-state index contributed by atoms with van der Waals surface area (Å²) in [6.45, 7) is 3.23. The van der Waals surface area contributed by atoms with E-state index in [0.29, 0.717) is 11.1 Å². The Hall–Kier alpha value is -2.01. The SMILES string of the molecule is Cc1cccc(S(=O)(=O)c2cccc(C)c2O)c1O. The minimum atomic E-state index is -3.95. The highest BCUT2D eigenvalue weighted by Crippen LogP contribution is 2.35. The Morgan fingerprint density at radius 2 is 1.16 bits per heavy atom. The van der Waals surface area contributed by atoms with Crippen LogP contribution >= 0.6 is 0 Å². The Balaban J connectivity index is 2.73. The molecule has 0 amide bonds. The number of aromatic hydroxyl groups is 2. The van der Waals surface area contributed by atoms with E-state index in [1.807, 2.05) is 0 Å². The molecule has 2 aromatic carbocycles. The summed E-state index contributed by atoms with van der Waals surface area (Å²) >= 11 is 0. The van der Waals surface area contributed by atoms with Crippen molar-refractivity contribution in [3.63, 3.8) is 0 Å². The largest absolute Gasteiger partial charge is 0.506 e. The van der Waals surface area contributed by atoms with Crippen LogP contribution in [0.15, 0.2) is 46.2 Å². The van der Waals surface area contributed by atoms with Crippen molar-refractivity contribution in [2.24, 2.45) is 0 Å². The van der Waals surface area contributed by atoms with Crippen molar-refractivity contribution >= 4 is 9.84 Å². The molecule has 0 saturated carbocycles. The predicted molar refractivity (Wildman–Crippen MR) is 71.1 cm³/mol. The Kier molecular flexibility index (Phi) is 3.24. The van der Waals surface area contributed by atoms with Crippen LogP contribution in [0.3, 0.4) is 0 Å². The van der Waals surface area contributed by atoms with Gasteiger partial charge >= 0.3 is 0 Å². The van der Waals surface area contributed by atoms with Crippen LogP contribution in [0.25, 0.3) is 0 Å². The van der Waals surface area contributed by atoms with Gasteiger partial charge in [0.2, 0.25) is 9.84 Å². The third-order valence-electron chi connectivity index (χ3n) is 2.98. The normalized spacial score (nSPS) is 11.5. The maximum Gasteiger partial charge on any atom is 0.213 e. The van der Waals surface area contributed by atoms with Crippen molar-refractivity contribution in [2.45, 2.75) is 23.6 Å². The molecule has 0 radical (unpaired) electrons. The van der Waals surface area contributed by atoms with Crippen LogP contribution in [0.2, 0.25) is 0 Å². The van der Waals surface area contributed by atoms with Gasteiger partial charge in [-0.05, 0) is 37.1 Å². The van der Waals surface area contributed by atoms with Crippen LogP contribution in [0.5, 0.6) is 11.5 Å². The minimum Gasteiger partial charge on any atom is -0.506 e. The minimum absolute atomic E-state index is 0.201. The zero-order valence-electron chi connectivity index (χ0n) is 10.6. The first kappa shape index (κ1) is 13.4. The molecule has 0 aliphatic rings. The molecule has 0 saturated heterocycles. The molecule has 0 atom stereocenters. The zero-order valence-corrected chi connectivity index (χ0v) is 11.4. The van der Waals surface area contributed by atoms with E-state index in [1.165, 1.54) is 12.1 Å². The first-order valence-corrected chi connectivity index (χ1v) is 7.16. The van der Waals surface area contributed by atoms with E-state index in [0.717, 1.165) is 0 Å². The van der Waals surface area contributed by atoms with Crippen LogP contribution in [0.1, 0.15) is 11.1 Å². The van der Waals surface area contributed by atoms with Crippen molar-refractivity contribution in [3.05, 3.63) is 47.5 Å². The molecule has 0 aromatic heterocycles. The molecule has 0 fully saturated rings. The summed E-state index contributed by atoms with van der Waals surface area (Å²) in [6, 6.07) is 8.97. The second-order valence-corrected chi connectivity index (χ2v) is 6.23. The smallest absolute Gasteiger partial charge is 0.213 e. The number of rotatable bonds is 2. The molecular formula is C14H14O4S. The molecule has 0 bridgehead atoms. The van der Waals surface area contributed by atoms with Gasteiger partial charge in [-0.3, -0.25) is 0 Å². The number of phenolic OH excluding ortho intramolecular Hbond substituents is 2. The lowest BCUT2D eigenvalue weighted by molar-refractivity contribution is 0.448. The molecule has 0 heterocycles. The van der Waals surface area contributed by atoms with Gasteiger partial charge in [-0.2, -0.15) is 0 Å². The van der Waals surface area contributed by atoms with Gasteiger partial charge < -0.3 is 10.2 Å². The van der Waals surface area contributed by atoms with E-state index < -0.39 is 9.84 Å². The standard InChI is InChI=1S/C14H14O4S/c1-9-5-3-7-11(13(9)15)19(17,18)12-8-4-6-10(2)14(12)16/h3-8,15-16H,1-2H3. The molecular weight excluding hydrogens is 264 g/mol. The van der Waals surface area contributed by atoms with E-state index in [1.54, 1.807) is 38.1 Å². The number of phenols is 2. The highest BCUT2D eigenvalue weighted by molar-refractivity contribution is 7.91. The van der Waals surface area contributed by atoms with Crippen LogP contribution < -0.4 is 0 Å². The molecule has 2 N–H and O–H groups in total. The van der Waals surface area contributed by atoms with Gasteiger partial charge in [0, 0.05) is 0 Å². The molecule has 2 aromatic rings. The summed E-state index contributed by atoms with van der Waals surface area (Å²) in [7, 11) is -3.95. The van der Waals surface area contributed by atoms with E-state index in [9.17, 15) is 18.6 Å². The van der Waals surface area contributed by atoms with Crippen LogP contribution in [-0.2, 0) is 9.84 Å². The second kappa shape index (κ2) is 4.59. The monoisotopic (exact) mass is 278 g/mol. The number of para-hydroxylation sites is 2. The summed E-state index contributed by atoms with van der Waals surface area (Å²) in [4.78, 5) is -0.401. The Morgan fingerprint density at radius 1 is 0.789 bits per heavy atom. The lowest BCUT2D eigenvalue weighted by Crippen LogP contribution is -2.04. The van der Waals surface area contributed by atoms with Gasteiger partial charge in [-0.1, -0.05) is 24.3 Å². The van der Waals surface area contributed by atoms with Crippen LogP contribution in [0, 0.1) is 13.8 Å². The first-order valence-electron chi connectivity index (χ1n) is 5.68. The Morgan fingerprint density at radius 3 is 1.53 bits per heavy atom. The number of benzene rings is 2. The quantitative estimate of drug-likeness (QED) is 0.885. The maximum absolute atomic E-state index is 12.5. The van der Waals surface area contributed by atoms with Gasteiger partial charge in [0.25, 0.3) is 0 Å². The van der Waals surface area contributed by atoms with Crippen LogP contribution in [0.4, 0.5) is 0 Å². The lowest BCUT2D eigenvalue weighted by Gasteiger charge is -2.11. The van der Waals surface area contributed by atoms with Crippen molar-refractivity contribution in [3.8, 4) is 11.5 Å². The number of aryl methyl sites for hydroxylation is 2. The molecule has 2 rings (SSSR count). The van der Waals surface area contributed by atoms with Gasteiger partial charge in [-0.15, -0.1) is 0 Å². The second-order valence-electron chi connectivity index (χ2n) is 4.35. The summed E-state index contributed by atoms with van der Waals surface area (Å²) in [5.74, 6) is -0.577. The van der Waals surface area contributed by atoms with Gasteiger partial charge in [0.15, 0.2) is 0 Å². The Bertz CT molecular complexity index is 676. The first-order chi connectivity index (χ1) is 8.85. The summed E-state index contributed by atoms with van der Waals surface area (Å²) in [5, 5.41) is 19.8. The maximum atomic E-state index is 12.5. The van der Waals surface area contributed by atoms with Gasteiger partial charge in [0.05, 0.1) is 0 Å². The van der Waals surface area contributed by atoms with E-state index in [4.69, 9.17) is 0 Å². The van der Waals surface area contributed by atoms with E-state index in [2.05, 4.69) is 0 Å². The number of hydrogen-bond donors (Lipinski definition) is 2. The third kappa shape index (κ3) is 2.17. The van der Waals surface area contributed by atoms with Crippen molar-refractivity contribution in [1.29, 1.82) is 0 Å². The average Bonchev–Trinajstić information content (AvgIpc) is 2.35. The number of sulfone groups is 1. The molecule has 100 valence electrons. The lowest BCUT2D eigenvalue weighted by atomic mass is 10.2. The van der Waals surface area contributed by atoms with Crippen molar-refractivity contribution in [1.82, 2.24) is 0 Å². The van der Waals surface area contributed by atoms with Crippen molar-refractivity contribution in [2.75, 3.05) is 0 Å². The molecule has 19 heavy (non-hydrogen) atoms. The van der Waals surface area contributed by atoms with Crippen molar-refractivity contribution < 1.29 is 18.6 Å². The highest BCUT2D eigenvalue weighted by atomic mass is 32.2. The van der Waals surface area contributed by atoms with E-state index >= 15 is 0 Å². The molecule has 0 aliphatic heterocycles. The Labute approximate surface area is 111 Å². The van der Waals surface area contributed by atoms with Crippen LogP contribution in [-0.4, -0.2) is 18.6 Å². The predicted octanol–water partition coefficient (Wildman–Crippen LogP) is 2.55. The molecule has 5 heteroatoms. The highest BCUT2D eigenvalue weighted by Gasteiger charge is 2.25. The number of hydrogen-bond acceptors (Lipinski definition) is 4. The molecule has 0 unspecified atom stereocenters. The summed E-state index contributed by atoms with van der Waals surface area (Å²) in [5.41, 5.74) is 0.932. The fourth-order valence-corrected chi connectivity index (χ4v) is 3.40. The average molecular weight is 278 g/mol. The summed E-state index contributed by atoms with van der Waals surface area (Å²) < 4.78 is 24.9. The topological polar surface area (TPSA) is 74.6 Å². The summed E-state index contributed by atoms with van der Waals surface area (Å²) in [6.07, 6.45) is 0. The fraction of sp³-hybridized carbons (Fsp3) is 0.143.